The molecule has 8 heteroatoms. The third-order valence-corrected chi connectivity index (χ3v) is 8.10. The molecule has 0 aromatic heterocycles. The fraction of sp³-hybridized carbons (Fsp3) is 0.533. The number of piperazine rings is 1. The average Bonchev–Trinajstić information content (AvgIpc) is 2.89. The van der Waals surface area contributed by atoms with Crippen molar-refractivity contribution in [3.05, 3.63) is 71.3 Å². The maximum atomic E-state index is 13.5. The van der Waals surface area contributed by atoms with E-state index in [9.17, 15) is 22.8 Å². The zero-order valence-corrected chi connectivity index (χ0v) is 22.5. The van der Waals surface area contributed by atoms with Gasteiger partial charge in [-0.25, -0.2) is 0 Å². The largest absolute Gasteiger partial charge is 0.416 e. The first kappa shape index (κ1) is 28.1. The molecule has 0 aliphatic carbocycles. The Labute approximate surface area is 223 Å². The summed E-state index contributed by atoms with van der Waals surface area (Å²) in [4.78, 5) is 31.3. The molecule has 2 saturated heterocycles. The number of nitrogens with zero attached hydrogens (tertiary/aromatic N) is 3. The van der Waals surface area contributed by atoms with E-state index >= 15 is 0 Å². The molecule has 2 unspecified atom stereocenters. The summed E-state index contributed by atoms with van der Waals surface area (Å²) in [6.45, 7) is 9.11. The number of rotatable bonds is 6. The molecule has 2 fully saturated rings. The summed E-state index contributed by atoms with van der Waals surface area (Å²) in [7, 11) is 0. The molecular weight excluding hydrogens is 491 g/mol. The van der Waals surface area contributed by atoms with Gasteiger partial charge >= 0.3 is 6.18 Å². The highest BCUT2D eigenvalue weighted by Crippen LogP contribution is 2.35. The molecule has 0 saturated carbocycles. The van der Waals surface area contributed by atoms with Crippen molar-refractivity contribution in [2.24, 2.45) is 11.8 Å². The zero-order chi connectivity index (χ0) is 27.4. The van der Waals surface area contributed by atoms with E-state index in [1.54, 1.807) is 19.1 Å². The minimum Gasteiger partial charge on any atom is -0.343 e. The van der Waals surface area contributed by atoms with Gasteiger partial charge in [0.15, 0.2) is 0 Å². The third-order valence-electron chi connectivity index (χ3n) is 8.10. The summed E-state index contributed by atoms with van der Waals surface area (Å²) in [5, 5.41) is 0. The molecule has 2 atom stereocenters. The molecule has 2 aromatic rings. The van der Waals surface area contributed by atoms with Crippen molar-refractivity contribution in [1.82, 2.24) is 14.7 Å². The number of alkyl halides is 3. The summed E-state index contributed by atoms with van der Waals surface area (Å²) in [5.74, 6) is 0.765. The van der Waals surface area contributed by atoms with Crippen molar-refractivity contribution >= 4 is 11.8 Å². The molecule has 38 heavy (non-hydrogen) atoms. The number of likely N-dealkylation sites (tertiary alicyclic amines) is 1. The topological polar surface area (TPSA) is 43.9 Å². The Morgan fingerprint density at radius 1 is 0.895 bits per heavy atom. The number of hydrogen-bond acceptors (Lipinski definition) is 3. The maximum absolute atomic E-state index is 13.5. The molecule has 0 N–H and O–H groups in total. The molecule has 0 radical (unpaired) electrons. The first-order valence-corrected chi connectivity index (χ1v) is 13.6. The molecule has 0 spiro atoms. The van der Waals surface area contributed by atoms with Crippen LogP contribution >= 0.6 is 0 Å². The van der Waals surface area contributed by atoms with Gasteiger partial charge in [0, 0.05) is 52.1 Å². The van der Waals surface area contributed by atoms with E-state index in [2.05, 4.69) is 18.7 Å². The summed E-state index contributed by atoms with van der Waals surface area (Å²) in [5.41, 5.74) is 1.17. The zero-order valence-electron chi connectivity index (χ0n) is 22.5. The van der Waals surface area contributed by atoms with E-state index in [0.717, 1.165) is 36.1 Å². The van der Waals surface area contributed by atoms with Gasteiger partial charge in [0.2, 0.25) is 11.8 Å². The highest BCUT2D eigenvalue weighted by atomic mass is 19.4. The fourth-order valence-corrected chi connectivity index (χ4v) is 5.87. The number of piperidine rings is 1. The Morgan fingerprint density at radius 3 is 2.05 bits per heavy atom. The Balaban J connectivity index is 1.51. The molecule has 2 amide bonds. The monoisotopic (exact) mass is 529 g/mol. The SMILES string of the molecule is CC(=O)N1CCC(CC(=O)N2CCN(C(c3ccccc3)c3ccc(C(F)(F)F)cc3)CC2C(C)C)CC1. The molecule has 2 aromatic carbocycles. The van der Waals surface area contributed by atoms with Crippen LogP contribution in [0.5, 0.6) is 0 Å². The van der Waals surface area contributed by atoms with Gasteiger partial charge in [-0.1, -0.05) is 56.3 Å². The van der Waals surface area contributed by atoms with Crippen LogP contribution in [0, 0.1) is 11.8 Å². The van der Waals surface area contributed by atoms with Gasteiger partial charge in [-0.3, -0.25) is 14.5 Å². The lowest BCUT2D eigenvalue weighted by Crippen LogP contribution is -2.58. The van der Waals surface area contributed by atoms with Crippen molar-refractivity contribution in [1.29, 1.82) is 0 Å². The third kappa shape index (κ3) is 6.57. The van der Waals surface area contributed by atoms with Gasteiger partial charge in [-0.15, -0.1) is 0 Å². The van der Waals surface area contributed by atoms with Gasteiger partial charge in [0.05, 0.1) is 11.6 Å². The number of benzene rings is 2. The van der Waals surface area contributed by atoms with Gasteiger partial charge in [-0.05, 0) is 47.9 Å². The Morgan fingerprint density at radius 2 is 1.50 bits per heavy atom. The lowest BCUT2D eigenvalue weighted by molar-refractivity contribution is -0.139. The van der Waals surface area contributed by atoms with Crippen LogP contribution in [-0.4, -0.2) is 65.3 Å². The number of amides is 2. The van der Waals surface area contributed by atoms with Crippen LogP contribution in [0.1, 0.15) is 62.8 Å². The van der Waals surface area contributed by atoms with Crippen LogP contribution in [0.3, 0.4) is 0 Å². The van der Waals surface area contributed by atoms with Crippen molar-refractivity contribution in [2.75, 3.05) is 32.7 Å². The molecule has 206 valence electrons. The van der Waals surface area contributed by atoms with Crippen LogP contribution in [0.4, 0.5) is 13.2 Å². The van der Waals surface area contributed by atoms with E-state index in [1.165, 1.54) is 0 Å². The maximum Gasteiger partial charge on any atom is 0.416 e. The molecule has 2 aliphatic rings. The highest BCUT2D eigenvalue weighted by Gasteiger charge is 2.37. The van der Waals surface area contributed by atoms with Crippen molar-refractivity contribution in [3.8, 4) is 0 Å². The second-order valence-electron chi connectivity index (χ2n) is 11.0. The first-order valence-electron chi connectivity index (χ1n) is 13.6. The highest BCUT2D eigenvalue weighted by molar-refractivity contribution is 5.77. The Bertz CT molecular complexity index is 1080. The van der Waals surface area contributed by atoms with Gasteiger partial charge in [0.1, 0.15) is 0 Å². The molecule has 0 bridgehead atoms. The smallest absolute Gasteiger partial charge is 0.343 e. The predicted molar refractivity (Wildman–Crippen MR) is 141 cm³/mol. The molecule has 4 rings (SSSR count). The minimum atomic E-state index is -4.38. The van der Waals surface area contributed by atoms with Crippen molar-refractivity contribution < 1.29 is 22.8 Å². The normalized spacial score (nSPS) is 20.6. The first-order chi connectivity index (χ1) is 18.0. The second kappa shape index (κ2) is 11.9. The van der Waals surface area contributed by atoms with E-state index < -0.39 is 11.7 Å². The Hall–Kier alpha value is -2.87. The number of hydrogen-bond donors (Lipinski definition) is 0. The number of halogens is 3. The van der Waals surface area contributed by atoms with Crippen LogP contribution in [0.15, 0.2) is 54.6 Å². The van der Waals surface area contributed by atoms with Crippen LogP contribution in [0.2, 0.25) is 0 Å². The second-order valence-corrected chi connectivity index (χ2v) is 11.0. The molecular formula is C30H38F3N3O2. The van der Waals surface area contributed by atoms with Crippen molar-refractivity contribution in [3.63, 3.8) is 0 Å². The standard InChI is InChI=1S/C30H38F3N3O2/c1-21(2)27-20-35(17-18-36(27)28(38)19-23-13-15-34(16-14-23)22(3)37)29(24-7-5-4-6-8-24)25-9-11-26(12-10-25)30(31,32)33/h4-12,21,23,27,29H,13-20H2,1-3H3. The van der Waals surface area contributed by atoms with E-state index in [1.807, 2.05) is 40.1 Å². The lowest BCUT2D eigenvalue weighted by Gasteiger charge is -2.47. The van der Waals surface area contributed by atoms with Crippen LogP contribution < -0.4 is 0 Å². The summed E-state index contributed by atoms with van der Waals surface area (Å²) in [6.07, 6.45) is -2.18. The lowest BCUT2D eigenvalue weighted by atomic mass is 9.90. The molecule has 2 aliphatic heterocycles. The van der Waals surface area contributed by atoms with Gasteiger partial charge in [0.25, 0.3) is 0 Å². The van der Waals surface area contributed by atoms with Gasteiger partial charge in [-0.2, -0.15) is 13.2 Å². The van der Waals surface area contributed by atoms with Gasteiger partial charge < -0.3 is 9.80 Å². The summed E-state index contributed by atoms with van der Waals surface area (Å²) < 4.78 is 39.6. The quantitative estimate of drug-likeness (QED) is 0.489. The summed E-state index contributed by atoms with van der Waals surface area (Å²) in [6, 6.07) is 15.1. The number of carbonyl (C=O) groups excluding carboxylic acids is 2. The number of carbonyl (C=O) groups is 2. The van der Waals surface area contributed by atoms with E-state index in [0.29, 0.717) is 39.1 Å². The fourth-order valence-electron chi connectivity index (χ4n) is 5.87. The summed E-state index contributed by atoms with van der Waals surface area (Å²) >= 11 is 0. The Kier molecular flexibility index (Phi) is 8.81. The van der Waals surface area contributed by atoms with Crippen molar-refractivity contribution in [2.45, 2.75) is 58.3 Å². The molecule has 2 heterocycles. The molecule has 5 nitrogen and oxygen atoms in total. The van der Waals surface area contributed by atoms with E-state index in [4.69, 9.17) is 0 Å². The van der Waals surface area contributed by atoms with Crippen LogP contribution in [-0.2, 0) is 15.8 Å². The average molecular weight is 530 g/mol. The minimum absolute atomic E-state index is 0.00854. The van der Waals surface area contributed by atoms with Crippen LogP contribution in [0.25, 0.3) is 0 Å². The predicted octanol–water partition coefficient (Wildman–Crippen LogP) is 5.61. The van der Waals surface area contributed by atoms with E-state index in [-0.39, 0.29) is 35.7 Å².